The number of rotatable bonds is 2. The average molecular weight is 208 g/mol. The van der Waals surface area contributed by atoms with E-state index in [1.807, 2.05) is 26.8 Å². The van der Waals surface area contributed by atoms with Gasteiger partial charge in [-0.2, -0.15) is 0 Å². The van der Waals surface area contributed by atoms with E-state index >= 15 is 0 Å². The summed E-state index contributed by atoms with van der Waals surface area (Å²) in [6, 6.07) is 1.92. The minimum atomic E-state index is 0.839. The first-order chi connectivity index (χ1) is 6.74. The third-order valence-corrected chi connectivity index (χ3v) is 1.68. The van der Waals surface area contributed by atoms with Gasteiger partial charge < -0.3 is 0 Å². The van der Waals surface area contributed by atoms with E-state index in [9.17, 15) is 0 Å². The molecule has 0 saturated heterocycles. The fraction of sp³-hybridized carbons (Fsp3) is 0.273. The summed E-state index contributed by atoms with van der Waals surface area (Å²) >= 11 is 4.17. The van der Waals surface area contributed by atoms with Crippen molar-refractivity contribution < 1.29 is 0 Å². The van der Waals surface area contributed by atoms with Gasteiger partial charge in [-0.3, -0.25) is 9.98 Å². The van der Waals surface area contributed by atoms with E-state index in [2.05, 4.69) is 29.2 Å². The maximum Gasteiger partial charge on any atom is 0.0461 e. The van der Waals surface area contributed by atoms with Crippen molar-refractivity contribution in [2.45, 2.75) is 25.7 Å². The van der Waals surface area contributed by atoms with Gasteiger partial charge in [0.05, 0.1) is 0 Å². The predicted molar refractivity (Wildman–Crippen MR) is 65.4 cm³/mol. The Bertz CT molecular complexity index is 319. The quantitative estimate of drug-likeness (QED) is 0.585. The van der Waals surface area contributed by atoms with Crippen LogP contribution in [-0.2, 0) is 0 Å². The monoisotopic (exact) mass is 208 g/mol. The van der Waals surface area contributed by atoms with E-state index in [1.54, 1.807) is 12.4 Å². The fourth-order valence-electron chi connectivity index (χ4n) is 0.802. The maximum atomic E-state index is 4.17. The van der Waals surface area contributed by atoms with Gasteiger partial charge in [0.2, 0.25) is 0 Å². The van der Waals surface area contributed by atoms with Crippen molar-refractivity contribution in [3.63, 3.8) is 0 Å². The van der Waals surface area contributed by atoms with Crippen LogP contribution < -0.4 is 0 Å². The molecule has 0 unspecified atom stereocenters. The molecule has 0 aliphatic rings. The number of aliphatic imine (C=N–C) groups is 1. The van der Waals surface area contributed by atoms with Gasteiger partial charge in [-0.25, -0.2) is 0 Å². The van der Waals surface area contributed by atoms with Crippen LogP contribution >= 0.6 is 12.6 Å². The lowest BCUT2D eigenvalue weighted by Gasteiger charge is -1.98. The van der Waals surface area contributed by atoms with E-state index in [0.717, 1.165) is 16.2 Å². The molecule has 0 aromatic carbocycles. The average Bonchev–Trinajstić information content (AvgIpc) is 2.22. The summed E-state index contributed by atoms with van der Waals surface area (Å²) in [5.41, 5.74) is 1.92. The SMILES string of the molecule is C=CN=Cc1cc(S)cnc1C.CC. The van der Waals surface area contributed by atoms with Gasteiger partial charge in [0.25, 0.3) is 0 Å². The van der Waals surface area contributed by atoms with Crippen LogP contribution in [0, 0.1) is 6.92 Å². The van der Waals surface area contributed by atoms with Crippen LogP contribution in [0.15, 0.2) is 34.9 Å². The van der Waals surface area contributed by atoms with Crippen LogP contribution in [0.1, 0.15) is 25.1 Å². The van der Waals surface area contributed by atoms with Crippen LogP contribution in [0.3, 0.4) is 0 Å². The summed E-state index contributed by atoms with van der Waals surface area (Å²) in [5, 5.41) is 0. The van der Waals surface area contributed by atoms with E-state index in [-0.39, 0.29) is 0 Å². The Morgan fingerprint density at radius 2 is 2.14 bits per heavy atom. The zero-order chi connectivity index (χ0) is 11.0. The highest BCUT2D eigenvalue weighted by atomic mass is 32.1. The van der Waals surface area contributed by atoms with Gasteiger partial charge in [-0.15, -0.1) is 12.6 Å². The molecule has 0 spiro atoms. The molecule has 1 rings (SSSR count). The minimum Gasteiger partial charge on any atom is -0.265 e. The van der Waals surface area contributed by atoms with Crippen molar-refractivity contribution in [2.24, 2.45) is 4.99 Å². The molecule has 0 aliphatic carbocycles. The van der Waals surface area contributed by atoms with Crippen molar-refractivity contribution in [3.8, 4) is 0 Å². The molecule has 1 aromatic heterocycles. The Kier molecular flexibility index (Phi) is 6.76. The molecule has 0 radical (unpaired) electrons. The molecule has 0 N–H and O–H groups in total. The molecule has 14 heavy (non-hydrogen) atoms. The van der Waals surface area contributed by atoms with E-state index in [4.69, 9.17) is 0 Å². The Balaban J connectivity index is 0.000000791. The van der Waals surface area contributed by atoms with Gasteiger partial charge in [0.15, 0.2) is 0 Å². The van der Waals surface area contributed by atoms with Crippen molar-refractivity contribution in [1.82, 2.24) is 4.98 Å². The van der Waals surface area contributed by atoms with Gasteiger partial charge in [0, 0.05) is 34.8 Å². The third kappa shape index (κ3) is 4.23. The molecule has 0 fully saturated rings. The standard InChI is InChI=1S/C9H10N2S.C2H6/c1-3-10-5-8-4-9(12)6-11-7(8)2;1-2/h3-6,12H,1H2,2H3;1-2H3. The lowest BCUT2D eigenvalue weighted by Crippen LogP contribution is -1.90. The highest BCUT2D eigenvalue weighted by Crippen LogP contribution is 2.08. The fourth-order valence-corrected chi connectivity index (χ4v) is 0.999. The second kappa shape index (κ2) is 7.33. The summed E-state index contributed by atoms with van der Waals surface area (Å²) in [7, 11) is 0. The van der Waals surface area contributed by atoms with Crippen LogP contribution in [0.4, 0.5) is 0 Å². The van der Waals surface area contributed by atoms with Gasteiger partial charge in [-0.05, 0) is 13.0 Å². The molecule has 3 heteroatoms. The van der Waals surface area contributed by atoms with E-state index in [1.165, 1.54) is 6.20 Å². The molecular formula is C11H16N2S. The molecule has 0 amide bonds. The molecule has 0 saturated carbocycles. The smallest absolute Gasteiger partial charge is 0.0461 e. The number of pyridine rings is 1. The summed E-state index contributed by atoms with van der Waals surface area (Å²) in [6.45, 7) is 9.42. The zero-order valence-corrected chi connectivity index (χ0v) is 9.75. The Hall–Kier alpha value is -1.09. The molecule has 1 heterocycles. The number of hydrogen-bond donors (Lipinski definition) is 1. The van der Waals surface area contributed by atoms with Crippen LogP contribution in [-0.4, -0.2) is 11.2 Å². The van der Waals surface area contributed by atoms with Gasteiger partial charge in [-0.1, -0.05) is 20.4 Å². The lowest BCUT2D eigenvalue weighted by molar-refractivity contribution is 1.14. The molecule has 0 bridgehead atoms. The Labute approximate surface area is 91.2 Å². The van der Waals surface area contributed by atoms with Crippen molar-refractivity contribution in [2.75, 3.05) is 0 Å². The molecule has 2 nitrogen and oxygen atoms in total. The third-order valence-electron chi connectivity index (χ3n) is 1.43. The first kappa shape index (κ1) is 12.9. The molecule has 76 valence electrons. The summed E-state index contributed by atoms with van der Waals surface area (Å²) in [4.78, 5) is 8.88. The number of thiol groups is 1. The van der Waals surface area contributed by atoms with E-state index < -0.39 is 0 Å². The largest absolute Gasteiger partial charge is 0.265 e. The van der Waals surface area contributed by atoms with Crippen LogP contribution in [0.5, 0.6) is 0 Å². The van der Waals surface area contributed by atoms with Gasteiger partial charge >= 0.3 is 0 Å². The number of nitrogens with zero attached hydrogens (tertiary/aromatic N) is 2. The number of aryl methyl sites for hydroxylation is 1. The summed E-state index contributed by atoms with van der Waals surface area (Å²) in [5.74, 6) is 0. The Morgan fingerprint density at radius 1 is 1.50 bits per heavy atom. The first-order valence-corrected chi connectivity index (χ1v) is 4.98. The Morgan fingerprint density at radius 3 is 2.71 bits per heavy atom. The minimum absolute atomic E-state index is 0.839. The highest BCUT2D eigenvalue weighted by molar-refractivity contribution is 7.80. The maximum absolute atomic E-state index is 4.17. The number of hydrogen-bond acceptors (Lipinski definition) is 3. The second-order valence-electron chi connectivity index (χ2n) is 2.33. The van der Waals surface area contributed by atoms with Crippen molar-refractivity contribution in [3.05, 3.63) is 36.3 Å². The predicted octanol–water partition coefficient (Wildman–Crippen LogP) is 3.27. The normalized spacial score (nSPS) is 9.43. The lowest BCUT2D eigenvalue weighted by atomic mass is 10.2. The number of aromatic nitrogens is 1. The molecular weight excluding hydrogens is 192 g/mol. The summed E-state index contributed by atoms with van der Waals surface area (Å²) < 4.78 is 0. The van der Waals surface area contributed by atoms with Crippen LogP contribution in [0.2, 0.25) is 0 Å². The molecule has 1 aromatic rings. The van der Waals surface area contributed by atoms with Crippen LogP contribution in [0.25, 0.3) is 0 Å². The molecule has 0 atom stereocenters. The summed E-state index contributed by atoms with van der Waals surface area (Å²) in [6.07, 6.45) is 4.92. The zero-order valence-electron chi connectivity index (χ0n) is 8.86. The topological polar surface area (TPSA) is 25.2 Å². The van der Waals surface area contributed by atoms with Crippen molar-refractivity contribution >= 4 is 18.8 Å². The second-order valence-corrected chi connectivity index (χ2v) is 2.85. The van der Waals surface area contributed by atoms with E-state index in [0.29, 0.717) is 0 Å². The molecule has 0 aliphatic heterocycles. The highest BCUT2D eigenvalue weighted by Gasteiger charge is 1.95. The van der Waals surface area contributed by atoms with Gasteiger partial charge in [0.1, 0.15) is 0 Å². The first-order valence-electron chi connectivity index (χ1n) is 4.53. The van der Waals surface area contributed by atoms with Crippen molar-refractivity contribution in [1.29, 1.82) is 0 Å².